The first-order valence-electron chi connectivity index (χ1n) is 11.8. The van der Waals surface area contributed by atoms with Crippen molar-refractivity contribution in [3.63, 3.8) is 0 Å². The smallest absolute Gasteiger partial charge is 0.321 e. The van der Waals surface area contributed by atoms with Crippen LogP contribution in [0.3, 0.4) is 0 Å². The minimum Gasteiger partial charge on any atom is -0.337 e. The van der Waals surface area contributed by atoms with Crippen LogP contribution in [0.1, 0.15) is 17.7 Å². The SMILES string of the molecule is O=C(NC[C@@H]1CCNC1)Nc1nc2c(s1)-c1c(c(-c3ccccc3)nn1-c1ccccc1Cl)CC2. The van der Waals surface area contributed by atoms with Gasteiger partial charge in [0.2, 0.25) is 0 Å². The summed E-state index contributed by atoms with van der Waals surface area (Å²) in [5.74, 6) is 0.481. The van der Waals surface area contributed by atoms with Crippen LogP contribution < -0.4 is 16.0 Å². The lowest BCUT2D eigenvalue weighted by Crippen LogP contribution is -2.33. The predicted molar refractivity (Wildman–Crippen MR) is 141 cm³/mol. The molecule has 0 saturated carbocycles. The van der Waals surface area contributed by atoms with E-state index in [1.807, 2.05) is 47.1 Å². The standard InChI is InChI=1S/C26H25ClN6OS/c27-19-8-4-5-9-21(19)33-23-18(22(32-33)17-6-2-1-3-7-17)10-11-20-24(23)35-26(30-20)31-25(34)29-15-16-12-13-28-14-16/h1-9,16,28H,10-15H2,(H2,29,30,31,34)/t16-/m1/s1. The highest BCUT2D eigenvalue weighted by Crippen LogP contribution is 2.44. The second-order valence-electron chi connectivity index (χ2n) is 8.89. The summed E-state index contributed by atoms with van der Waals surface area (Å²) in [5.41, 5.74) is 6.01. The molecule has 35 heavy (non-hydrogen) atoms. The monoisotopic (exact) mass is 504 g/mol. The number of rotatable bonds is 5. The summed E-state index contributed by atoms with van der Waals surface area (Å²) in [5, 5.41) is 15.5. The fourth-order valence-electron chi connectivity index (χ4n) is 4.82. The molecule has 2 amide bonds. The molecular formula is C26H25ClN6OS. The van der Waals surface area contributed by atoms with E-state index < -0.39 is 0 Å². The molecule has 1 atom stereocenters. The van der Waals surface area contributed by atoms with E-state index in [0.717, 1.165) is 65.6 Å². The molecule has 0 radical (unpaired) electrons. The molecule has 3 heterocycles. The Morgan fingerprint density at radius 1 is 1.14 bits per heavy atom. The highest BCUT2D eigenvalue weighted by atomic mass is 35.5. The van der Waals surface area contributed by atoms with E-state index in [0.29, 0.717) is 22.6 Å². The maximum Gasteiger partial charge on any atom is 0.321 e. The highest BCUT2D eigenvalue weighted by molar-refractivity contribution is 7.19. The summed E-state index contributed by atoms with van der Waals surface area (Å²) in [6, 6.07) is 17.7. The van der Waals surface area contributed by atoms with Gasteiger partial charge in [-0.2, -0.15) is 5.10 Å². The van der Waals surface area contributed by atoms with Crippen LogP contribution in [-0.4, -0.2) is 40.4 Å². The zero-order chi connectivity index (χ0) is 23.8. The maximum absolute atomic E-state index is 12.5. The number of hydrogen-bond acceptors (Lipinski definition) is 5. The van der Waals surface area contributed by atoms with Gasteiger partial charge >= 0.3 is 6.03 Å². The number of nitrogens with zero attached hydrogens (tertiary/aromatic N) is 3. The van der Waals surface area contributed by atoms with Gasteiger partial charge < -0.3 is 10.6 Å². The molecule has 1 saturated heterocycles. The molecule has 3 N–H and O–H groups in total. The molecule has 1 aliphatic heterocycles. The Morgan fingerprint density at radius 3 is 2.77 bits per heavy atom. The van der Waals surface area contributed by atoms with Gasteiger partial charge in [-0.1, -0.05) is 65.4 Å². The van der Waals surface area contributed by atoms with Crippen molar-refractivity contribution in [2.45, 2.75) is 19.3 Å². The zero-order valence-electron chi connectivity index (χ0n) is 19.1. The average molecular weight is 505 g/mol. The van der Waals surface area contributed by atoms with Gasteiger partial charge in [0.15, 0.2) is 5.13 Å². The number of fused-ring (bicyclic) bond motifs is 3. The molecule has 6 rings (SSSR count). The van der Waals surface area contributed by atoms with Crippen molar-refractivity contribution in [3.8, 4) is 27.5 Å². The molecule has 2 aromatic heterocycles. The number of carbonyl (C=O) groups is 1. The number of thiazole rings is 1. The Balaban J connectivity index is 1.36. The number of hydrogen-bond donors (Lipinski definition) is 3. The number of aromatic nitrogens is 3. The third kappa shape index (κ3) is 4.33. The molecule has 7 nitrogen and oxygen atoms in total. The third-order valence-corrected chi connectivity index (χ3v) is 7.91. The van der Waals surface area contributed by atoms with E-state index in [4.69, 9.17) is 21.7 Å². The minimum atomic E-state index is -0.215. The normalized spacial score (nSPS) is 16.5. The summed E-state index contributed by atoms with van der Waals surface area (Å²) in [7, 11) is 0. The summed E-state index contributed by atoms with van der Waals surface area (Å²) in [6.07, 6.45) is 2.70. The van der Waals surface area contributed by atoms with Gasteiger partial charge in [-0.25, -0.2) is 14.5 Å². The van der Waals surface area contributed by atoms with Crippen LogP contribution in [0.25, 0.3) is 27.5 Å². The van der Waals surface area contributed by atoms with Crippen LogP contribution in [0.4, 0.5) is 9.93 Å². The van der Waals surface area contributed by atoms with E-state index >= 15 is 0 Å². The lowest BCUT2D eigenvalue weighted by molar-refractivity contribution is 0.250. The first-order valence-corrected chi connectivity index (χ1v) is 13.0. The number of halogens is 1. The summed E-state index contributed by atoms with van der Waals surface area (Å²) >= 11 is 8.09. The Morgan fingerprint density at radius 2 is 1.97 bits per heavy atom. The number of urea groups is 1. The maximum atomic E-state index is 12.5. The van der Waals surface area contributed by atoms with Crippen LogP contribution in [0, 0.1) is 5.92 Å². The van der Waals surface area contributed by atoms with Crippen molar-refractivity contribution in [2.24, 2.45) is 5.92 Å². The van der Waals surface area contributed by atoms with Crippen molar-refractivity contribution in [2.75, 3.05) is 25.0 Å². The second-order valence-corrected chi connectivity index (χ2v) is 10.3. The van der Waals surface area contributed by atoms with Crippen molar-refractivity contribution < 1.29 is 4.79 Å². The van der Waals surface area contributed by atoms with Gasteiger partial charge in [-0.05, 0) is 50.4 Å². The average Bonchev–Trinajstić information content (AvgIpc) is 3.62. The fourth-order valence-corrected chi connectivity index (χ4v) is 6.10. The number of para-hydroxylation sites is 1. The number of aryl methyl sites for hydroxylation is 1. The number of anilines is 1. The molecule has 0 bridgehead atoms. The predicted octanol–water partition coefficient (Wildman–Crippen LogP) is 5.15. The van der Waals surface area contributed by atoms with Gasteiger partial charge in [0.25, 0.3) is 0 Å². The molecule has 0 unspecified atom stereocenters. The van der Waals surface area contributed by atoms with Gasteiger partial charge in [-0.15, -0.1) is 0 Å². The van der Waals surface area contributed by atoms with Crippen molar-refractivity contribution in [3.05, 3.63) is 70.9 Å². The van der Waals surface area contributed by atoms with Gasteiger partial charge in [0.05, 0.1) is 32.7 Å². The van der Waals surface area contributed by atoms with E-state index in [2.05, 4.69) is 28.1 Å². The number of amides is 2. The van der Waals surface area contributed by atoms with Crippen molar-refractivity contribution >= 4 is 34.1 Å². The van der Waals surface area contributed by atoms with Gasteiger partial charge in [0.1, 0.15) is 0 Å². The number of benzene rings is 2. The first kappa shape index (κ1) is 22.3. The Labute approximate surface area is 212 Å². The van der Waals surface area contributed by atoms with Crippen LogP contribution >= 0.6 is 22.9 Å². The molecular weight excluding hydrogens is 480 g/mol. The molecule has 0 spiro atoms. The fraction of sp³-hybridized carbons (Fsp3) is 0.269. The molecule has 178 valence electrons. The summed E-state index contributed by atoms with van der Waals surface area (Å²) < 4.78 is 1.94. The molecule has 1 aliphatic carbocycles. The van der Waals surface area contributed by atoms with E-state index in [1.165, 1.54) is 16.9 Å². The first-order chi connectivity index (χ1) is 17.2. The number of nitrogens with one attached hydrogen (secondary N) is 3. The highest BCUT2D eigenvalue weighted by Gasteiger charge is 2.30. The molecule has 2 aliphatic rings. The van der Waals surface area contributed by atoms with E-state index in [-0.39, 0.29) is 6.03 Å². The third-order valence-electron chi connectivity index (χ3n) is 6.57. The van der Waals surface area contributed by atoms with E-state index in [9.17, 15) is 4.79 Å². The lowest BCUT2D eigenvalue weighted by atomic mass is 9.95. The largest absolute Gasteiger partial charge is 0.337 e. The Kier molecular flexibility index (Phi) is 6.01. The molecule has 2 aromatic carbocycles. The quantitative estimate of drug-likeness (QED) is 0.351. The topological polar surface area (TPSA) is 83.9 Å². The Hall–Kier alpha value is -3.20. The zero-order valence-corrected chi connectivity index (χ0v) is 20.6. The molecule has 4 aromatic rings. The second kappa shape index (κ2) is 9.45. The lowest BCUT2D eigenvalue weighted by Gasteiger charge is -2.14. The van der Waals surface area contributed by atoms with E-state index in [1.54, 1.807) is 0 Å². The van der Waals surface area contributed by atoms with Crippen LogP contribution in [0.2, 0.25) is 5.02 Å². The molecule has 9 heteroatoms. The van der Waals surface area contributed by atoms with Crippen LogP contribution in [0.5, 0.6) is 0 Å². The molecule has 1 fully saturated rings. The van der Waals surface area contributed by atoms with Gasteiger partial charge in [0, 0.05) is 17.7 Å². The summed E-state index contributed by atoms with van der Waals surface area (Å²) in [4.78, 5) is 18.3. The summed E-state index contributed by atoms with van der Waals surface area (Å²) in [6.45, 7) is 2.62. The van der Waals surface area contributed by atoms with Gasteiger partial charge in [-0.3, -0.25) is 5.32 Å². The van der Waals surface area contributed by atoms with Crippen LogP contribution in [-0.2, 0) is 12.8 Å². The Bertz CT molecular complexity index is 1380. The van der Waals surface area contributed by atoms with Crippen LogP contribution in [0.15, 0.2) is 54.6 Å². The van der Waals surface area contributed by atoms with Crippen molar-refractivity contribution in [1.29, 1.82) is 0 Å². The number of carbonyl (C=O) groups excluding carboxylic acids is 1. The minimum absolute atomic E-state index is 0.215. The van der Waals surface area contributed by atoms with Crippen molar-refractivity contribution in [1.82, 2.24) is 25.4 Å².